The minimum absolute atomic E-state index is 0.123. The molecule has 0 spiro atoms. The molecule has 0 atom stereocenters. The largest absolute Gasteiger partial charge is 0.478 e. The van der Waals surface area contributed by atoms with Crippen molar-refractivity contribution in [2.24, 2.45) is 0 Å². The monoisotopic (exact) mass is 294 g/mol. The van der Waals surface area contributed by atoms with Crippen LogP contribution in [-0.4, -0.2) is 58.1 Å². The maximum Gasteiger partial charge on any atom is 0.339 e. The van der Waals surface area contributed by atoms with Crippen LogP contribution in [0.1, 0.15) is 24.2 Å². The van der Waals surface area contributed by atoms with Gasteiger partial charge in [-0.2, -0.15) is 0 Å². The maximum atomic E-state index is 11.3. The molecule has 0 radical (unpaired) electrons. The second kappa shape index (κ2) is 6.04. The van der Waals surface area contributed by atoms with Gasteiger partial charge >= 0.3 is 5.97 Å². The number of hydrogen-bond donors (Lipinski definition) is 1. The number of carboxylic acid groups (broad SMARTS) is 1. The summed E-state index contributed by atoms with van der Waals surface area (Å²) in [6, 6.07) is 1.51. The van der Waals surface area contributed by atoms with Crippen LogP contribution in [0.3, 0.4) is 0 Å². The fourth-order valence-corrected chi connectivity index (χ4v) is 2.41. The number of aromatic carboxylic acids is 1. The number of pyridine rings is 1. The van der Waals surface area contributed by atoms with E-state index in [-0.39, 0.29) is 11.3 Å². The third-order valence-corrected chi connectivity index (χ3v) is 3.64. The molecule has 1 N–H and O–H groups in total. The molecule has 8 nitrogen and oxygen atoms in total. The maximum absolute atomic E-state index is 11.3. The lowest BCUT2D eigenvalue weighted by molar-refractivity contribution is -0.385. The average molecular weight is 294 g/mol. The first kappa shape index (κ1) is 15.2. The number of aromatic nitrogens is 1. The Morgan fingerprint density at radius 1 is 1.38 bits per heavy atom. The van der Waals surface area contributed by atoms with Gasteiger partial charge in [0.25, 0.3) is 5.69 Å². The average Bonchev–Trinajstić information content (AvgIpc) is 2.46. The zero-order valence-electron chi connectivity index (χ0n) is 12.0. The van der Waals surface area contributed by atoms with Crippen molar-refractivity contribution in [1.82, 2.24) is 9.88 Å². The Morgan fingerprint density at radius 2 is 2.00 bits per heavy atom. The van der Waals surface area contributed by atoms with Gasteiger partial charge in [0.05, 0.1) is 4.92 Å². The zero-order valence-corrected chi connectivity index (χ0v) is 12.0. The molecule has 0 amide bonds. The quantitative estimate of drug-likeness (QED) is 0.658. The van der Waals surface area contributed by atoms with Crippen LogP contribution in [-0.2, 0) is 0 Å². The predicted octanol–water partition coefficient (Wildman–Crippen LogP) is 1.22. The SMILES string of the molecule is CC(C)N1CCN(c2ncc([N+](=O)[O-])cc2C(=O)O)CC1. The molecule has 114 valence electrons. The third-order valence-electron chi connectivity index (χ3n) is 3.64. The fourth-order valence-electron chi connectivity index (χ4n) is 2.41. The molecule has 1 aromatic rings. The molecule has 0 unspecified atom stereocenters. The predicted molar refractivity (Wildman–Crippen MR) is 76.8 cm³/mol. The number of anilines is 1. The van der Waals surface area contributed by atoms with Crippen LogP contribution >= 0.6 is 0 Å². The van der Waals surface area contributed by atoms with Gasteiger partial charge in [0.1, 0.15) is 17.6 Å². The van der Waals surface area contributed by atoms with Crippen LogP contribution in [0.25, 0.3) is 0 Å². The van der Waals surface area contributed by atoms with Crippen molar-refractivity contribution in [2.45, 2.75) is 19.9 Å². The number of carbonyl (C=O) groups is 1. The Labute approximate surface area is 122 Å². The van der Waals surface area contributed by atoms with E-state index in [0.29, 0.717) is 24.9 Å². The van der Waals surface area contributed by atoms with E-state index in [0.717, 1.165) is 25.4 Å². The summed E-state index contributed by atoms with van der Waals surface area (Å²) in [5.74, 6) is -0.899. The van der Waals surface area contributed by atoms with Crippen molar-refractivity contribution >= 4 is 17.5 Å². The van der Waals surface area contributed by atoms with Crippen molar-refractivity contribution in [2.75, 3.05) is 31.1 Å². The minimum Gasteiger partial charge on any atom is -0.478 e. The molecule has 2 rings (SSSR count). The van der Waals surface area contributed by atoms with Gasteiger partial charge in [-0.25, -0.2) is 9.78 Å². The molecule has 0 aromatic carbocycles. The molecular formula is C13H18N4O4. The van der Waals surface area contributed by atoms with Crippen molar-refractivity contribution in [3.05, 3.63) is 27.9 Å². The van der Waals surface area contributed by atoms with E-state index in [1.165, 1.54) is 0 Å². The van der Waals surface area contributed by atoms with E-state index in [1.807, 2.05) is 4.90 Å². The number of hydrogen-bond acceptors (Lipinski definition) is 6. The Bertz CT molecular complexity index is 553. The van der Waals surface area contributed by atoms with Crippen LogP contribution in [0, 0.1) is 10.1 Å². The Morgan fingerprint density at radius 3 is 2.48 bits per heavy atom. The Hall–Kier alpha value is -2.22. The molecule has 0 aliphatic carbocycles. The molecule has 1 aliphatic rings. The minimum atomic E-state index is -1.20. The summed E-state index contributed by atoms with van der Waals surface area (Å²) in [7, 11) is 0. The summed E-state index contributed by atoms with van der Waals surface area (Å²) in [5, 5.41) is 20.0. The van der Waals surface area contributed by atoms with E-state index in [2.05, 4.69) is 23.7 Å². The number of nitrogens with zero attached hydrogens (tertiary/aromatic N) is 4. The van der Waals surface area contributed by atoms with E-state index in [4.69, 9.17) is 0 Å². The van der Waals surface area contributed by atoms with Crippen LogP contribution < -0.4 is 4.90 Å². The summed E-state index contributed by atoms with van der Waals surface area (Å²) in [6.07, 6.45) is 1.11. The second-order valence-electron chi connectivity index (χ2n) is 5.24. The summed E-state index contributed by atoms with van der Waals surface area (Å²) in [5.41, 5.74) is -0.431. The van der Waals surface area contributed by atoms with Gasteiger partial charge in [0.2, 0.25) is 0 Å². The summed E-state index contributed by atoms with van der Waals surface area (Å²) >= 11 is 0. The van der Waals surface area contributed by atoms with Gasteiger partial charge in [0, 0.05) is 38.3 Å². The second-order valence-corrected chi connectivity index (χ2v) is 5.24. The molecule has 1 fully saturated rings. The first-order chi connectivity index (χ1) is 9.90. The number of rotatable bonds is 4. The van der Waals surface area contributed by atoms with Crippen molar-refractivity contribution < 1.29 is 14.8 Å². The van der Waals surface area contributed by atoms with Gasteiger partial charge in [-0.15, -0.1) is 0 Å². The highest BCUT2D eigenvalue weighted by molar-refractivity contribution is 5.94. The smallest absolute Gasteiger partial charge is 0.339 e. The molecule has 8 heteroatoms. The lowest BCUT2D eigenvalue weighted by Gasteiger charge is -2.37. The standard InChI is InChI=1S/C13H18N4O4/c1-9(2)15-3-5-16(6-4-15)12-11(13(18)19)7-10(8-14-12)17(20)21/h7-9H,3-6H2,1-2H3,(H,18,19). The molecule has 0 bridgehead atoms. The lowest BCUT2D eigenvalue weighted by Crippen LogP contribution is -2.49. The van der Waals surface area contributed by atoms with Gasteiger partial charge in [-0.3, -0.25) is 15.0 Å². The van der Waals surface area contributed by atoms with Crippen LogP contribution in [0.4, 0.5) is 11.5 Å². The van der Waals surface area contributed by atoms with Crippen LogP contribution in [0.5, 0.6) is 0 Å². The first-order valence-corrected chi connectivity index (χ1v) is 6.77. The van der Waals surface area contributed by atoms with Crippen molar-refractivity contribution in [1.29, 1.82) is 0 Å². The molecule has 1 saturated heterocycles. The first-order valence-electron chi connectivity index (χ1n) is 6.77. The van der Waals surface area contributed by atoms with Crippen LogP contribution in [0.2, 0.25) is 0 Å². The third kappa shape index (κ3) is 3.27. The summed E-state index contributed by atoms with van der Waals surface area (Å²) in [6.45, 7) is 7.17. The van der Waals surface area contributed by atoms with Crippen molar-refractivity contribution in [3.63, 3.8) is 0 Å². The molecule has 21 heavy (non-hydrogen) atoms. The van der Waals surface area contributed by atoms with Crippen molar-refractivity contribution in [3.8, 4) is 0 Å². The van der Waals surface area contributed by atoms with E-state index < -0.39 is 10.9 Å². The number of nitro groups is 1. The molecule has 1 aromatic heterocycles. The Kier molecular flexibility index (Phi) is 4.37. The lowest BCUT2D eigenvalue weighted by atomic mass is 10.2. The fraction of sp³-hybridized carbons (Fsp3) is 0.538. The summed E-state index contributed by atoms with van der Waals surface area (Å²) in [4.78, 5) is 29.6. The highest BCUT2D eigenvalue weighted by atomic mass is 16.6. The van der Waals surface area contributed by atoms with Gasteiger partial charge in [0.15, 0.2) is 0 Å². The van der Waals surface area contributed by atoms with E-state index >= 15 is 0 Å². The zero-order chi connectivity index (χ0) is 15.6. The van der Waals surface area contributed by atoms with Crippen LogP contribution in [0.15, 0.2) is 12.3 Å². The normalized spacial score (nSPS) is 16.2. The molecular weight excluding hydrogens is 276 g/mol. The van der Waals surface area contributed by atoms with E-state index in [9.17, 15) is 20.0 Å². The topological polar surface area (TPSA) is 99.8 Å². The highest BCUT2D eigenvalue weighted by Crippen LogP contribution is 2.24. The number of carboxylic acids is 1. The highest BCUT2D eigenvalue weighted by Gasteiger charge is 2.25. The van der Waals surface area contributed by atoms with Gasteiger partial charge in [-0.1, -0.05) is 0 Å². The van der Waals surface area contributed by atoms with Gasteiger partial charge < -0.3 is 10.0 Å². The Balaban J connectivity index is 2.24. The van der Waals surface area contributed by atoms with E-state index in [1.54, 1.807) is 0 Å². The molecule has 1 aliphatic heterocycles. The molecule has 2 heterocycles. The summed E-state index contributed by atoms with van der Waals surface area (Å²) < 4.78 is 0. The molecule has 0 saturated carbocycles. The number of piperazine rings is 1. The van der Waals surface area contributed by atoms with Gasteiger partial charge in [-0.05, 0) is 13.8 Å².